The van der Waals surface area contributed by atoms with Gasteiger partial charge in [-0.05, 0) is 45.2 Å². The van der Waals surface area contributed by atoms with Crippen molar-refractivity contribution >= 4 is 5.91 Å². The van der Waals surface area contributed by atoms with Crippen molar-refractivity contribution < 1.29 is 9.53 Å². The Hall–Kier alpha value is -1.39. The monoisotopic (exact) mass is 320 g/mol. The second kappa shape index (κ2) is 10.4. The third kappa shape index (κ3) is 7.14. The van der Waals surface area contributed by atoms with E-state index in [1.807, 2.05) is 33.0 Å². The first kappa shape index (κ1) is 19.7. The number of nitrogens with zero attached hydrogens (tertiary/aromatic N) is 2. The summed E-state index contributed by atoms with van der Waals surface area (Å²) >= 11 is 0. The average Bonchev–Trinajstić information content (AvgIpc) is 2.76. The van der Waals surface area contributed by atoms with Crippen molar-refractivity contribution in [2.75, 3.05) is 33.2 Å². The smallest absolute Gasteiger partial charge is 0.251 e. The van der Waals surface area contributed by atoms with Crippen LogP contribution in [0.4, 0.5) is 0 Å². The fraction of sp³-hybridized carbons (Fsp3) is 0.632. The molecule has 0 aromatic rings. The van der Waals surface area contributed by atoms with Crippen LogP contribution in [0.3, 0.4) is 0 Å². The fourth-order valence-electron chi connectivity index (χ4n) is 2.78. The molecule has 4 heteroatoms. The fourth-order valence-corrected chi connectivity index (χ4v) is 2.78. The van der Waals surface area contributed by atoms with Crippen LogP contribution in [0.1, 0.15) is 33.1 Å². The van der Waals surface area contributed by atoms with Crippen LogP contribution in [0.15, 0.2) is 37.0 Å². The highest BCUT2D eigenvalue weighted by Crippen LogP contribution is 2.17. The summed E-state index contributed by atoms with van der Waals surface area (Å²) < 4.78 is 6.01. The Bertz CT molecular complexity index is 431. The number of likely N-dealkylation sites (N-methyl/N-ethyl adjacent to an activating group) is 1. The lowest BCUT2D eigenvalue weighted by Gasteiger charge is -2.24. The van der Waals surface area contributed by atoms with E-state index < -0.39 is 0 Å². The van der Waals surface area contributed by atoms with Crippen LogP contribution in [0.5, 0.6) is 0 Å². The van der Waals surface area contributed by atoms with Gasteiger partial charge in [0.25, 0.3) is 5.91 Å². The van der Waals surface area contributed by atoms with Crippen molar-refractivity contribution in [2.24, 2.45) is 0 Å². The van der Waals surface area contributed by atoms with Crippen LogP contribution in [0.2, 0.25) is 0 Å². The molecule has 1 rings (SSSR count). The van der Waals surface area contributed by atoms with E-state index in [4.69, 9.17) is 4.74 Å². The minimum Gasteiger partial charge on any atom is -0.365 e. The molecule has 0 aromatic carbocycles. The molecule has 1 aliphatic heterocycles. The number of amides is 1. The van der Waals surface area contributed by atoms with Gasteiger partial charge in [-0.25, -0.2) is 0 Å². The second-order valence-corrected chi connectivity index (χ2v) is 6.21. The van der Waals surface area contributed by atoms with E-state index in [0.29, 0.717) is 6.54 Å². The van der Waals surface area contributed by atoms with E-state index in [1.165, 1.54) is 0 Å². The SMILES string of the molecule is C=C/C=C\C(=C)CN1CCCC(OC(C)C(=O)N(C)CC)CC1. The molecule has 2 atom stereocenters. The Morgan fingerprint density at radius 3 is 2.83 bits per heavy atom. The van der Waals surface area contributed by atoms with Gasteiger partial charge < -0.3 is 9.64 Å². The van der Waals surface area contributed by atoms with Crippen LogP contribution in [-0.4, -0.2) is 61.1 Å². The predicted octanol–water partition coefficient (Wildman–Crippen LogP) is 3.02. The lowest BCUT2D eigenvalue weighted by atomic mass is 10.1. The van der Waals surface area contributed by atoms with Crippen molar-refractivity contribution in [1.82, 2.24) is 9.80 Å². The summed E-state index contributed by atoms with van der Waals surface area (Å²) in [5.74, 6) is 0.0662. The molecule has 0 radical (unpaired) electrons. The summed E-state index contributed by atoms with van der Waals surface area (Å²) in [5, 5.41) is 0. The molecule has 23 heavy (non-hydrogen) atoms. The Labute approximate surface area is 141 Å². The maximum Gasteiger partial charge on any atom is 0.251 e. The van der Waals surface area contributed by atoms with Gasteiger partial charge in [0.05, 0.1) is 6.10 Å². The molecule has 0 aromatic heterocycles. The zero-order valence-corrected chi connectivity index (χ0v) is 15.0. The highest BCUT2D eigenvalue weighted by Gasteiger charge is 2.23. The van der Waals surface area contributed by atoms with E-state index in [1.54, 1.807) is 11.0 Å². The minimum absolute atomic E-state index is 0.0662. The molecule has 130 valence electrons. The molecule has 1 saturated heterocycles. The number of hydrogen-bond acceptors (Lipinski definition) is 3. The van der Waals surface area contributed by atoms with Gasteiger partial charge in [0, 0.05) is 26.7 Å². The number of ether oxygens (including phenoxy) is 1. The Kier molecular flexibility index (Phi) is 8.89. The molecule has 4 nitrogen and oxygen atoms in total. The summed E-state index contributed by atoms with van der Waals surface area (Å²) in [4.78, 5) is 16.2. The van der Waals surface area contributed by atoms with Gasteiger partial charge in [-0.15, -0.1) is 0 Å². The second-order valence-electron chi connectivity index (χ2n) is 6.21. The molecule has 2 unspecified atom stereocenters. The van der Waals surface area contributed by atoms with Crippen molar-refractivity contribution in [2.45, 2.75) is 45.3 Å². The van der Waals surface area contributed by atoms with Gasteiger partial charge in [-0.3, -0.25) is 9.69 Å². The minimum atomic E-state index is -0.359. The maximum atomic E-state index is 12.1. The molecule has 0 aliphatic carbocycles. The predicted molar refractivity (Wildman–Crippen MR) is 96.4 cm³/mol. The van der Waals surface area contributed by atoms with Crippen LogP contribution >= 0.6 is 0 Å². The topological polar surface area (TPSA) is 32.8 Å². The van der Waals surface area contributed by atoms with Crippen molar-refractivity contribution in [3.05, 3.63) is 37.0 Å². The van der Waals surface area contributed by atoms with E-state index in [0.717, 1.165) is 44.5 Å². The third-order valence-corrected chi connectivity index (χ3v) is 4.26. The van der Waals surface area contributed by atoms with Gasteiger partial charge in [-0.1, -0.05) is 31.4 Å². The first-order valence-corrected chi connectivity index (χ1v) is 8.57. The van der Waals surface area contributed by atoms with Crippen LogP contribution in [-0.2, 0) is 9.53 Å². The first-order valence-electron chi connectivity index (χ1n) is 8.57. The summed E-state index contributed by atoms with van der Waals surface area (Å²) in [6.07, 6.45) is 8.57. The summed E-state index contributed by atoms with van der Waals surface area (Å²) in [7, 11) is 1.82. The third-order valence-electron chi connectivity index (χ3n) is 4.26. The number of carbonyl (C=O) groups is 1. The van der Waals surface area contributed by atoms with Gasteiger partial charge in [0.2, 0.25) is 0 Å². The number of rotatable bonds is 8. The van der Waals surface area contributed by atoms with Gasteiger partial charge in [-0.2, -0.15) is 0 Å². The first-order chi connectivity index (χ1) is 11.0. The van der Waals surface area contributed by atoms with Crippen LogP contribution in [0, 0.1) is 0 Å². The molecule has 0 bridgehead atoms. The molecule has 1 fully saturated rings. The van der Waals surface area contributed by atoms with Crippen molar-refractivity contribution in [3.63, 3.8) is 0 Å². The number of carbonyl (C=O) groups excluding carboxylic acids is 1. The molecule has 1 heterocycles. The normalized spacial score (nSPS) is 20.9. The van der Waals surface area contributed by atoms with Gasteiger partial charge in [0.1, 0.15) is 6.10 Å². The largest absolute Gasteiger partial charge is 0.365 e. The molecular formula is C19H32N2O2. The maximum absolute atomic E-state index is 12.1. The Morgan fingerprint density at radius 2 is 2.17 bits per heavy atom. The molecule has 0 N–H and O–H groups in total. The Balaban J connectivity index is 2.43. The Morgan fingerprint density at radius 1 is 1.43 bits per heavy atom. The average molecular weight is 320 g/mol. The van der Waals surface area contributed by atoms with Gasteiger partial charge >= 0.3 is 0 Å². The van der Waals surface area contributed by atoms with Gasteiger partial charge in [0.15, 0.2) is 0 Å². The van der Waals surface area contributed by atoms with E-state index in [2.05, 4.69) is 18.1 Å². The standard InChI is InChI=1S/C19H32N2O2/c1-6-8-10-16(3)15-21-13-9-11-18(12-14-21)23-17(4)19(22)20(5)7-2/h6,8,10,17-18H,1,3,7,9,11-15H2,2,4-5H3/b10-8-. The summed E-state index contributed by atoms with van der Waals surface area (Å²) in [6, 6.07) is 0. The summed E-state index contributed by atoms with van der Waals surface area (Å²) in [6.45, 7) is 15.2. The highest BCUT2D eigenvalue weighted by molar-refractivity contribution is 5.80. The lowest BCUT2D eigenvalue weighted by Crippen LogP contribution is -2.38. The molecule has 0 spiro atoms. The molecular weight excluding hydrogens is 288 g/mol. The zero-order valence-electron chi connectivity index (χ0n) is 15.0. The van der Waals surface area contributed by atoms with E-state index >= 15 is 0 Å². The lowest BCUT2D eigenvalue weighted by molar-refractivity contribution is -0.145. The molecule has 0 saturated carbocycles. The van der Waals surface area contributed by atoms with Crippen LogP contribution < -0.4 is 0 Å². The number of allylic oxidation sites excluding steroid dienone is 2. The van der Waals surface area contributed by atoms with Crippen molar-refractivity contribution in [3.8, 4) is 0 Å². The zero-order chi connectivity index (χ0) is 17.2. The van der Waals surface area contributed by atoms with E-state index in [9.17, 15) is 4.79 Å². The van der Waals surface area contributed by atoms with Crippen LogP contribution in [0.25, 0.3) is 0 Å². The quantitative estimate of drug-likeness (QED) is 0.645. The van der Waals surface area contributed by atoms with Crippen molar-refractivity contribution in [1.29, 1.82) is 0 Å². The number of hydrogen-bond donors (Lipinski definition) is 0. The number of likely N-dealkylation sites (tertiary alicyclic amines) is 1. The molecule has 1 amide bonds. The molecule has 1 aliphatic rings. The summed E-state index contributed by atoms with van der Waals surface area (Å²) in [5.41, 5.74) is 1.09. The highest BCUT2D eigenvalue weighted by atomic mass is 16.5. The van der Waals surface area contributed by atoms with E-state index in [-0.39, 0.29) is 18.1 Å².